The van der Waals surface area contributed by atoms with Gasteiger partial charge in [0.15, 0.2) is 5.82 Å². The number of aryl methyl sites for hydroxylation is 1. The molecule has 0 aliphatic carbocycles. The Bertz CT molecular complexity index is 484. The van der Waals surface area contributed by atoms with E-state index in [1.807, 2.05) is 35.2 Å². The molecular weight excluding hydrogens is 242 g/mol. The maximum absolute atomic E-state index is 9.16. The summed E-state index contributed by atoms with van der Waals surface area (Å²) in [5, 5.41) is 13.1. The molecule has 0 unspecified atom stereocenters. The largest absolute Gasteiger partial charge is 0.395 e. The fourth-order valence-electron chi connectivity index (χ4n) is 1.90. The van der Waals surface area contributed by atoms with Crippen LogP contribution in [-0.2, 0) is 13.0 Å². The van der Waals surface area contributed by atoms with Crippen LogP contribution in [0.3, 0.4) is 0 Å². The van der Waals surface area contributed by atoms with Gasteiger partial charge in [-0.15, -0.1) is 0 Å². The van der Waals surface area contributed by atoms with Gasteiger partial charge in [-0.1, -0.05) is 30.3 Å². The van der Waals surface area contributed by atoms with Crippen LogP contribution in [0.2, 0.25) is 0 Å². The molecule has 0 bridgehead atoms. The van der Waals surface area contributed by atoms with Gasteiger partial charge in [0.25, 0.3) is 0 Å². The lowest BCUT2D eigenvalue weighted by Gasteiger charge is -2.21. The van der Waals surface area contributed by atoms with Gasteiger partial charge in [-0.2, -0.15) is 4.98 Å². The lowest BCUT2D eigenvalue weighted by molar-refractivity contribution is 0.300. The van der Waals surface area contributed by atoms with Crippen LogP contribution >= 0.6 is 0 Å². The van der Waals surface area contributed by atoms with E-state index in [1.165, 1.54) is 0 Å². The average Bonchev–Trinajstić information content (AvgIpc) is 2.87. The van der Waals surface area contributed by atoms with Crippen molar-refractivity contribution in [1.82, 2.24) is 10.1 Å². The van der Waals surface area contributed by atoms with Crippen molar-refractivity contribution in [1.29, 1.82) is 0 Å². The smallest absolute Gasteiger partial charge is 0.226 e. The Labute approximate surface area is 112 Å². The van der Waals surface area contributed by atoms with Gasteiger partial charge in [0.1, 0.15) is 0 Å². The minimum Gasteiger partial charge on any atom is -0.395 e. The Balaban J connectivity index is 2.07. The number of nitrogens with zero attached hydrogens (tertiary/aromatic N) is 3. The molecule has 1 aromatic carbocycles. The van der Waals surface area contributed by atoms with E-state index in [-0.39, 0.29) is 6.61 Å². The summed E-state index contributed by atoms with van der Waals surface area (Å²) in [6, 6.07) is 9.91. The molecule has 0 amide bonds. The molecule has 0 aliphatic heterocycles. The van der Waals surface area contributed by atoms with E-state index in [0.29, 0.717) is 24.8 Å². The number of benzene rings is 1. The Hall–Kier alpha value is -1.88. The molecule has 0 radical (unpaired) electrons. The number of rotatable bonds is 7. The highest BCUT2D eigenvalue weighted by atomic mass is 16.5. The van der Waals surface area contributed by atoms with Gasteiger partial charge in [0.05, 0.1) is 13.2 Å². The molecule has 5 nitrogen and oxygen atoms in total. The number of aliphatic hydroxyl groups is 1. The summed E-state index contributed by atoms with van der Waals surface area (Å²) in [6.07, 6.45) is 1.79. The molecule has 0 saturated heterocycles. The molecule has 0 fully saturated rings. The predicted octanol–water partition coefficient (Wildman–Crippen LogP) is 2.02. The fourth-order valence-corrected chi connectivity index (χ4v) is 1.90. The summed E-state index contributed by atoms with van der Waals surface area (Å²) >= 11 is 0. The lowest BCUT2D eigenvalue weighted by atomic mass is 10.3. The summed E-state index contributed by atoms with van der Waals surface area (Å²) in [5.41, 5.74) is 1.04. The van der Waals surface area contributed by atoms with Crippen LogP contribution in [0.1, 0.15) is 25.1 Å². The highest BCUT2D eigenvalue weighted by molar-refractivity contribution is 5.45. The first-order valence-electron chi connectivity index (χ1n) is 6.55. The van der Waals surface area contributed by atoms with Gasteiger partial charge >= 0.3 is 0 Å². The molecule has 5 heteroatoms. The SMILES string of the molecule is CCCc1nc(CN(CCO)c2ccccc2)no1. The van der Waals surface area contributed by atoms with Crippen molar-refractivity contribution >= 4 is 5.69 Å². The first-order chi connectivity index (χ1) is 9.33. The predicted molar refractivity (Wildman–Crippen MR) is 72.9 cm³/mol. The zero-order valence-electron chi connectivity index (χ0n) is 11.1. The fraction of sp³-hybridized carbons (Fsp3) is 0.429. The quantitative estimate of drug-likeness (QED) is 0.826. The number of hydrogen-bond donors (Lipinski definition) is 1. The minimum absolute atomic E-state index is 0.0918. The number of aromatic nitrogens is 2. The van der Waals surface area contributed by atoms with Crippen molar-refractivity contribution in [2.24, 2.45) is 0 Å². The van der Waals surface area contributed by atoms with E-state index in [0.717, 1.165) is 18.5 Å². The van der Waals surface area contributed by atoms with E-state index in [9.17, 15) is 0 Å². The van der Waals surface area contributed by atoms with Crippen molar-refractivity contribution < 1.29 is 9.63 Å². The standard InChI is InChI=1S/C14H19N3O2/c1-2-6-14-15-13(16-19-14)11-17(9-10-18)12-7-4-3-5-8-12/h3-5,7-8,18H,2,6,9-11H2,1H3. The van der Waals surface area contributed by atoms with Crippen LogP contribution in [0.25, 0.3) is 0 Å². The van der Waals surface area contributed by atoms with E-state index in [1.54, 1.807) is 0 Å². The Kier molecular flexibility index (Phi) is 4.92. The zero-order chi connectivity index (χ0) is 13.5. The third-order valence-electron chi connectivity index (χ3n) is 2.80. The summed E-state index contributed by atoms with van der Waals surface area (Å²) < 4.78 is 5.17. The monoisotopic (exact) mass is 261 g/mol. The van der Waals surface area contributed by atoms with E-state index in [4.69, 9.17) is 9.63 Å². The second kappa shape index (κ2) is 6.89. The molecule has 1 heterocycles. The van der Waals surface area contributed by atoms with Crippen LogP contribution in [-0.4, -0.2) is 28.4 Å². The number of hydrogen-bond acceptors (Lipinski definition) is 5. The maximum atomic E-state index is 9.16. The van der Waals surface area contributed by atoms with Crippen molar-refractivity contribution in [3.8, 4) is 0 Å². The molecule has 2 aromatic rings. The van der Waals surface area contributed by atoms with Gasteiger partial charge < -0.3 is 14.5 Å². The Morgan fingerprint density at radius 3 is 2.74 bits per heavy atom. The van der Waals surface area contributed by atoms with Crippen molar-refractivity contribution in [3.63, 3.8) is 0 Å². The van der Waals surface area contributed by atoms with Crippen molar-refractivity contribution in [3.05, 3.63) is 42.0 Å². The van der Waals surface area contributed by atoms with Crippen LogP contribution in [0.5, 0.6) is 0 Å². The highest BCUT2D eigenvalue weighted by Crippen LogP contribution is 2.15. The lowest BCUT2D eigenvalue weighted by Crippen LogP contribution is -2.26. The second-order valence-corrected chi connectivity index (χ2v) is 4.34. The molecule has 2 rings (SSSR count). The molecule has 0 saturated carbocycles. The summed E-state index contributed by atoms with van der Waals surface area (Å²) in [7, 11) is 0. The van der Waals surface area contributed by atoms with Crippen molar-refractivity contribution in [2.75, 3.05) is 18.1 Å². The number of aliphatic hydroxyl groups excluding tert-OH is 1. The van der Waals surface area contributed by atoms with Crippen LogP contribution < -0.4 is 4.90 Å². The zero-order valence-corrected chi connectivity index (χ0v) is 11.1. The van der Waals surface area contributed by atoms with Gasteiger partial charge in [0.2, 0.25) is 5.89 Å². The molecular formula is C14H19N3O2. The molecule has 0 spiro atoms. The summed E-state index contributed by atoms with van der Waals surface area (Å²) in [6.45, 7) is 3.25. The topological polar surface area (TPSA) is 62.4 Å². The van der Waals surface area contributed by atoms with Gasteiger partial charge in [0, 0.05) is 18.7 Å². The first kappa shape index (κ1) is 13.5. The number of anilines is 1. The molecule has 102 valence electrons. The summed E-state index contributed by atoms with van der Waals surface area (Å²) in [5.74, 6) is 1.33. The van der Waals surface area contributed by atoms with Gasteiger partial charge in [-0.25, -0.2) is 0 Å². The maximum Gasteiger partial charge on any atom is 0.226 e. The van der Waals surface area contributed by atoms with E-state index in [2.05, 4.69) is 17.1 Å². The third kappa shape index (κ3) is 3.79. The highest BCUT2D eigenvalue weighted by Gasteiger charge is 2.11. The molecule has 19 heavy (non-hydrogen) atoms. The third-order valence-corrected chi connectivity index (χ3v) is 2.80. The minimum atomic E-state index is 0.0918. The first-order valence-corrected chi connectivity index (χ1v) is 6.55. The Morgan fingerprint density at radius 1 is 1.26 bits per heavy atom. The number of para-hydroxylation sites is 1. The van der Waals surface area contributed by atoms with Gasteiger partial charge in [-0.3, -0.25) is 0 Å². The second-order valence-electron chi connectivity index (χ2n) is 4.34. The van der Waals surface area contributed by atoms with Gasteiger partial charge in [-0.05, 0) is 18.6 Å². The average molecular weight is 261 g/mol. The van der Waals surface area contributed by atoms with Crippen LogP contribution in [0.4, 0.5) is 5.69 Å². The van der Waals surface area contributed by atoms with Crippen LogP contribution in [0.15, 0.2) is 34.9 Å². The Morgan fingerprint density at radius 2 is 2.05 bits per heavy atom. The van der Waals surface area contributed by atoms with E-state index < -0.39 is 0 Å². The summed E-state index contributed by atoms with van der Waals surface area (Å²) in [4.78, 5) is 6.37. The molecule has 0 aliphatic rings. The molecule has 0 atom stereocenters. The van der Waals surface area contributed by atoms with E-state index >= 15 is 0 Å². The molecule has 1 aromatic heterocycles. The normalized spacial score (nSPS) is 10.6. The van der Waals surface area contributed by atoms with Crippen molar-refractivity contribution in [2.45, 2.75) is 26.3 Å². The van der Waals surface area contributed by atoms with Crippen LogP contribution in [0, 0.1) is 0 Å². The molecule has 1 N–H and O–H groups in total.